The summed E-state index contributed by atoms with van der Waals surface area (Å²) in [6, 6.07) is 13.0. The van der Waals surface area contributed by atoms with Crippen LogP contribution >= 0.6 is 0 Å². The molecule has 0 aliphatic rings. The van der Waals surface area contributed by atoms with Crippen molar-refractivity contribution in [2.75, 3.05) is 0 Å². The topological polar surface area (TPSA) is 91.2 Å². The molecule has 0 radical (unpaired) electrons. The lowest BCUT2D eigenvalue weighted by molar-refractivity contribution is 0.845. The van der Waals surface area contributed by atoms with Crippen LogP contribution in [0.4, 0.5) is 0 Å². The molecule has 0 atom stereocenters. The molecule has 6 heteroatoms. The van der Waals surface area contributed by atoms with E-state index in [1.165, 1.54) is 11.0 Å². The zero-order valence-electron chi connectivity index (χ0n) is 9.65. The van der Waals surface area contributed by atoms with Gasteiger partial charge in [0.15, 0.2) is 5.82 Å². The summed E-state index contributed by atoms with van der Waals surface area (Å²) in [5.74, 6) is 0.526. The minimum absolute atomic E-state index is 0.0634. The molecule has 2 heterocycles. The maximum Gasteiger partial charge on any atom is 0.252 e. The summed E-state index contributed by atoms with van der Waals surface area (Å²) in [4.78, 5) is 8.22. The third kappa shape index (κ3) is 1.78. The van der Waals surface area contributed by atoms with Crippen molar-refractivity contribution in [3.63, 3.8) is 0 Å². The summed E-state index contributed by atoms with van der Waals surface area (Å²) in [5.41, 5.74) is 1.21. The van der Waals surface area contributed by atoms with Crippen LogP contribution in [-0.2, 0) is 0 Å². The van der Waals surface area contributed by atoms with E-state index in [0.29, 0.717) is 16.9 Å². The van der Waals surface area contributed by atoms with Gasteiger partial charge in [-0.2, -0.15) is 10.5 Å². The lowest BCUT2D eigenvalue weighted by atomic mass is 10.1. The minimum atomic E-state index is 0.0634. The second kappa shape index (κ2) is 4.21. The third-order valence-electron chi connectivity index (χ3n) is 2.65. The van der Waals surface area contributed by atoms with Crippen LogP contribution in [0.2, 0.25) is 0 Å². The van der Waals surface area contributed by atoms with Gasteiger partial charge < -0.3 is 0 Å². The quantitative estimate of drug-likeness (QED) is 0.649. The van der Waals surface area contributed by atoms with Crippen molar-refractivity contribution < 1.29 is 0 Å². The molecular formula is C13H6N6. The van der Waals surface area contributed by atoms with Crippen LogP contribution in [0.25, 0.3) is 16.7 Å². The van der Waals surface area contributed by atoms with Crippen molar-refractivity contribution in [2.45, 2.75) is 0 Å². The average molecular weight is 246 g/mol. The minimum Gasteiger partial charge on any atom is -0.228 e. The molecule has 0 bridgehead atoms. The first-order valence-corrected chi connectivity index (χ1v) is 5.44. The number of fused-ring (bicyclic) bond motifs is 1. The summed E-state index contributed by atoms with van der Waals surface area (Å²) in [5, 5.41) is 22.6. The van der Waals surface area contributed by atoms with Crippen LogP contribution < -0.4 is 0 Å². The van der Waals surface area contributed by atoms with Crippen LogP contribution in [0.5, 0.6) is 0 Å². The normalized spacial score (nSPS) is 10.0. The Bertz CT molecular complexity index is 849. The molecule has 88 valence electrons. The third-order valence-corrected chi connectivity index (χ3v) is 2.65. The van der Waals surface area contributed by atoms with Gasteiger partial charge in [-0.05, 0) is 6.07 Å². The standard InChI is InChI=1S/C13H6N6/c14-6-9-5-13(19-8-16-12(7-15)18-19)17-11-4-2-1-3-10(9)11/h1-5,8H. The van der Waals surface area contributed by atoms with Crippen molar-refractivity contribution in [1.82, 2.24) is 19.7 Å². The van der Waals surface area contributed by atoms with E-state index in [9.17, 15) is 5.26 Å². The average Bonchev–Trinajstić information content (AvgIpc) is 2.95. The Morgan fingerprint density at radius 3 is 2.68 bits per heavy atom. The van der Waals surface area contributed by atoms with Gasteiger partial charge in [0, 0.05) is 11.5 Å². The smallest absolute Gasteiger partial charge is 0.228 e. The van der Waals surface area contributed by atoms with Crippen molar-refractivity contribution in [2.24, 2.45) is 0 Å². The van der Waals surface area contributed by atoms with Crippen LogP contribution in [0.3, 0.4) is 0 Å². The van der Waals surface area contributed by atoms with Crippen molar-refractivity contribution >= 4 is 10.9 Å². The van der Waals surface area contributed by atoms with Crippen molar-refractivity contribution in [1.29, 1.82) is 10.5 Å². The first-order chi connectivity index (χ1) is 9.31. The Kier molecular flexibility index (Phi) is 2.41. The molecule has 0 unspecified atom stereocenters. The number of hydrogen-bond donors (Lipinski definition) is 0. The molecule has 0 N–H and O–H groups in total. The van der Waals surface area contributed by atoms with Crippen LogP contribution in [0.1, 0.15) is 11.4 Å². The number of nitriles is 2. The highest BCUT2D eigenvalue weighted by Crippen LogP contribution is 2.19. The van der Waals surface area contributed by atoms with E-state index in [4.69, 9.17) is 5.26 Å². The van der Waals surface area contributed by atoms with Crippen molar-refractivity contribution in [3.05, 3.63) is 48.0 Å². The van der Waals surface area contributed by atoms with E-state index in [1.54, 1.807) is 6.07 Å². The van der Waals surface area contributed by atoms with E-state index >= 15 is 0 Å². The molecule has 0 fully saturated rings. The molecule has 0 aliphatic carbocycles. The van der Waals surface area contributed by atoms with Crippen LogP contribution in [0, 0.1) is 22.7 Å². The molecule has 0 aliphatic heterocycles. The predicted octanol–water partition coefficient (Wildman–Crippen LogP) is 1.56. The van der Waals surface area contributed by atoms with Gasteiger partial charge in [0.25, 0.3) is 5.82 Å². The van der Waals surface area contributed by atoms with E-state index in [-0.39, 0.29) is 5.82 Å². The molecule has 19 heavy (non-hydrogen) atoms. The largest absolute Gasteiger partial charge is 0.252 e. The van der Waals surface area contributed by atoms with Gasteiger partial charge in [-0.15, -0.1) is 5.10 Å². The molecule has 3 aromatic rings. The first-order valence-electron chi connectivity index (χ1n) is 5.44. The van der Waals surface area contributed by atoms with E-state index < -0.39 is 0 Å². The van der Waals surface area contributed by atoms with Crippen LogP contribution in [0.15, 0.2) is 36.7 Å². The Balaban J connectivity index is 2.26. The number of para-hydroxylation sites is 1. The molecule has 1 aromatic carbocycles. The molecule has 3 rings (SSSR count). The summed E-state index contributed by atoms with van der Waals surface area (Å²) in [6.45, 7) is 0. The van der Waals surface area contributed by atoms with Crippen molar-refractivity contribution in [3.8, 4) is 18.0 Å². The fourth-order valence-electron chi connectivity index (χ4n) is 1.80. The maximum absolute atomic E-state index is 9.18. The zero-order valence-corrected chi connectivity index (χ0v) is 9.65. The summed E-state index contributed by atoms with van der Waals surface area (Å²) in [6.07, 6.45) is 1.40. The van der Waals surface area contributed by atoms with E-state index in [2.05, 4.69) is 21.1 Å². The first kappa shape index (κ1) is 10.9. The van der Waals surface area contributed by atoms with E-state index in [0.717, 1.165) is 5.39 Å². The molecule has 6 nitrogen and oxygen atoms in total. The predicted molar refractivity (Wildman–Crippen MR) is 66.1 cm³/mol. The summed E-state index contributed by atoms with van der Waals surface area (Å²) in [7, 11) is 0. The lowest BCUT2D eigenvalue weighted by Crippen LogP contribution is -2.00. The number of rotatable bonds is 1. The highest BCUT2D eigenvalue weighted by molar-refractivity contribution is 5.85. The fourth-order valence-corrected chi connectivity index (χ4v) is 1.80. The fraction of sp³-hybridized carbons (Fsp3) is 0. The molecular weight excluding hydrogens is 240 g/mol. The maximum atomic E-state index is 9.18. The van der Waals surface area contributed by atoms with Gasteiger partial charge in [-0.25, -0.2) is 14.6 Å². The summed E-state index contributed by atoms with van der Waals surface area (Å²) >= 11 is 0. The monoisotopic (exact) mass is 246 g/mol. The van der Waals surface area contributed by atoms with Gasteiger partial charge in [0.1, 0.15) is 12.4 Å². The highest BCUT2D eigenvalue weighted by atomic mass is 15.4. The lowest BCUT2D eigenvalue weighted by Gasteiger charge is -2.03. The number of benzene rings is 1. The van der Waals surface area contributed by atoms with Gasteiger partial charge in [0.05, 0.1) is 17.1 Å². The molecule has 0 spiro atoms. The van der Waals surface area contributed by atoms with Gasteiger partial charge in [-0.1, -0.05) is 18.2 Å². The van der Waals surface area contributed by atoms with Crippen LogP contribution in [-0.4, -0.2) is 19.7 Å². The molecule has 2 aromatic heterocycles. The second-order valence-electron chi connectivity index (χ2n) is 3.78. The number of pyridine rings is 1. The van der Waals surface area contributed by atoms with E-state index in [1.807, 2.05) is 30.3 Å². The number of aromatic nitrogens is 4. The van der Waals surface area contributed by atoms with Gasteiger partial charge in [-0.3, -0.25) is 0 Å². The highest BCUT2D eigenvalue weighted by Gasteiger charge is 2.08. The Morgan fingerprint density at radius 1 is 1.11 bits per heavy atom. The Morgan fingerprint density at radius 2 is 1.95 bits per heavy atom. The number of nitrogens with zero attached hydrogens (tertiary/aromatic N) is 6. The second-order valence-corrected chi connectivity index (χ2v) is 3.78. The Labute approximate surface area is 108 Å². The molecule has 0 amide bonds. The summed E-state index contributed by atoms with van der Waals surface area (Å²) < 4.78 is 1.38. The van der Waals surface area contributed by atoms with Gasteiger partial charge >= 0.3 is 0 Å². The zero-order chi connectivity index (χ0) is 13.2. The molecule has 0 saturated heterocycles. The Hall–Kier alpha value is -3.25. The van der Waals surface area contributed by atoms with Gasteiger partial charge in [0.2, 0.25) is 0 Å². The molecule has 0 saturated carbocycles. The number of hydrogen-bond acceptors (Lipinski definition) is 5. The SMILES string of the molecule is N#Cc1ncn(-c2cc(C#N)c3ccccc3n2)n1.